The molecule has 0 bridgehead atoms. The number of hydrogen-bond acceptors (Lipinski definition) is 5. The van der Waals surface area contributed by atoms with Crippen molar-refractivity contribution in [3.8, 4) is 0 Å². The zero-order valence-electron chi connectivity index (χ0n) is 9.55. The van der Waals surface area contributed by atoms with E-state index < -0.39 is 12.0 Å². The maximum absolute atomic E-state index is 11.7. The van der Waals surface area contributed by atoms with E-state index >= 15 is 0 Å². The summed E-state index contributed by atoms with van der Waals surface area (Å²) in [5, 5.41) is 1.56. The van der Waals surface area contributed by atoms with Gasteiger partial charge in [-0.3, -0.25) is 9.80 Å². The molecule has 1 N–H and O–H groups in total. The Kier molecular flexibility index (Phi) is 3.39. The van der Waals surface area contributed by atoms with Crippen molar-refractivity contribution < 1.29 is 14.3 Å². The summed E-state index contributed by atoms with van der Waals surface area (Å²) >= 11 is 0. The molecule has 1 fully saturated rings. The highest BCUT2D eigenvalue weighted by atomic mass is 16.5. The fourth-order valence-electron chi connectivity index (χ4n) is 1.78. The first-order valence-corrected chi connectivity index (χ1v) is 5.51. The quantitative estimate of drug-likeness (QED) is 0.610. The summed E-state index contributed by atoms with van der Waals surface area (Å²) in [4.78, 5) is 23.4. The summed E-state index contributed by atoms with van der Waals surface area (Å²) < 4.78 is 4.91. The predicted molar refractivity (Wildman–Crippen MR) is 62.4 cm³/mol. The minimum absolute atomic E-state index is 0.151. The van der Waals surface area contributed by atoms with Gasteiger partial charge in [-0.2, -0.15) is 0 Å². The van der Waals surface area contributed by atoms with E-state index in [1.165, 1.54) is 0 Å². The zero-order valence-corrected chi connectivity index (χ0v) is 9.55. The molecule has 17 heavy (non-hydrogen) atoms. The van der Waals surface area contributed by atoms with Gasteiger partial charge in [-0.25, -0.2) is 10.2 Å². The van der Waals surface area contributed by atoms with Gasteiger partial charge >= 0.3 is 5.97 Å². The molecule has 1 aliphatic heterocycles. The van der Waals surface area contributed by atoms with Crippen LogP contribution in [0.5, 0.6) is 0 Å². The largest absolute Gasteiger partial charge is 0.464 e. The van der Waals surface area contributed by atoms with E-state index in [2.05, 4.69) is 5.43 Å². The second-order valence-electron chi connectivity index (χ2n) is 3.66. The minimum atomic E-state index is -0.877. The van der Waals surface area contributed by atoms with Crippen molar-refractivity contribution in [1.82, 2.24) is 5.43 Å². The van der Waals surface area contributed by atoms with E-state index in [1.807, 2.05) is 30.3 Å². The summed E-state index contributed by atoms with van der Waals surface area (Å²) in [6.07, 6.45) is 0. The number of rotatable bonds is 3. The summed E-state index contributed by atoms with van der Waals surface area (Å²) in [6.45, 7) is 2.14. The summed E-state index contributed by atoms with van der Waals surface area (Å²) in [5.41, 5.74) is 3.67. The third-order valence-electron chi connectivity index (χ3n) is 2.53. The van der Waals surface area contributed by atoms with E-state index in [9.17, 15) is 9.59 Å². The molecule has 5 nitrogen and oxygen atoms in total. The summed E-state index contributed by atoms with van der Waals surface area (Å²) in [7, 11) is 0. The lowest BCUT2D eigenvalue weighted by Crippen LogP contribution is -2.44. The minimum Gasteiger partial charge on any atom is -0.464 e. The number of esters is 1. The first-order valence-electron chi connectivity index (χ1n) is 5.51. The number of nitrogens with zero attached hydrogens (tertiary/aromatic N) is 1. The van der Waals surface area contributed by atoms with E-state index in [1.54, 1.807) is 11.9 Å². The van der Waals surface area contributed by atoms with Crippen LogP contribution in [0, 0.1) is 0 Å². The van der Waals surface area contributed by atoms with Gasteiger partial charge in [-0.15, -0.1) is 0 Å². The Morgan fingerprint density at radius 3 is 2.82 bits per heavy atom. The Balaban J connectivity index is 2.22. The second-order valence-corrected chi connectivity index (χ2v) is 3.66. The van der Waals surface area contributed by atoms with Crippen molar-refractivity contribution >= 4 is 17.4 Å². The van der Waals surface area contributed by atoms with Crippen molar-refractivity contribution in [3.05, 3.63) is 30.3 Å². The van der Waals surface area contributed by atoms with Crippen LogP contribution in [0.25, 0.3) is 0 Å². The fourth-order valence-corrected chi connectivity index (χ4v) is 1.78. The van der Waals surface area contributed by atoms with Crippen LogP contribution in [0.3, 0.4) is 0 Å². The number of nitrogens with one attached hydrogen (secondary N) is 1. The van der Waals surface area contributed by atoms with Crippen LogP contribution in [0.2, 0.25) is 0 Å². The number of hydrogen-bond donors (Lipinski definition) is 1. The summed E-state index contributed by atoms with van der Waals surface area (Å²) in [5.74, 6) is -0.682. The number of anilines is 1. The van der Waals surface area contributed by atoms with E-state index in [-0.39, 0.29) is 18.9 Å². The molecule has 5 heteroatoms. The average molecular weight is 234 g/mol. The highest BCUT2D eigenvalue weighted by Crippen LogP contribution is 2.18. The van der Waals surface area contributed by atoms with E-state index in [4.69, 9.17) is 4.74 Å². The first-order chi connectivity index (χ1) is 8.24. The molecule has 0 aliphatic carbocycles. The smallest absolute Gasteiger partial charge is 0.338 e. The van der Waals surface area contributed by atoms with Gasteiger partial charge in [-0.05, 0) is 19.1 Å². The lowest BCUT2D eigenvalue weighted by Gasteiger charge is -2.23. The Morgan fingerprint density at radius 2 is 2.18 bits per heavy atom. The van der Waals surface area contributed by atoms with Crippen LogP contribution in [0.4, 0.5) is 5.69 Å². The van der Waals surface area contributed by atoms with Gasteiger partial charge in [0.2, 0.25) is 6.04 Å². The first kappa shape index (κ1) is 11.6. The third-order valence-corrected chi connectivity index (χ3v) is 2.53. The Hall–Kier alpha value is -1.88. The molecule has 0 aromatic heterocycles. The number of carbonyl (C=O) groups is 2. The number of hydrazine groups is 1. The highest BCUT2D eigenvalue weighted by molar-refractivity contribution is 6.08. The molecule has 90 valence electrons. The van der Waals surface area contributed by atoms with Crippen LogP contribution >= 0.6 is 0 Å². The molecule has 1 atom stereocenters. The molecule has 1 aromatic rings. The number of benzene rings is 1. The molecule has 0 saturated carbocycles. The monoisotopic (exact) mass is 234 g/mol. The standard InChI is InChI=1S/C12H14N2O3/c1-2-17-12(16)11-10(15)8-13-14(11)9-6-4-3-5-7-9/h3-7,11,13H,2,8H2,1H3. The molecule has 1 aromatic carbocycles. The Morgan fingerprint density at radius 1 is 1.47 bits per heavy atom. The molecule has 1 unspecified atom stereocenters. The van der Waals surface area contributed by atoms with E-state index in [0.29, 0.717) is 0 Å². The van der Waals surface area contributed by atoms with Gasteiger partial charge in [0.15, 0.2) is 5.78 Å². The number of para-hydroxylation sites is 1. The molecule has 1 heterocycles. The zero-order chi connectivity index (χ0) is 12.3. The average Bonchev–Trinajstić information content (AvgIpc) is 2.73. The van der Waals surface area contributed by atoms with Crippen LogP contribution in [0.15, 0.2) is 30.3 Å². The van der Waals surface area contributed by atoms with Gasteiger partial charge in [0.25, 0.3) is 0 Å². The molecule has 0 radical (unpaired) electrons. The SMILES string of the molecule is CCOC(=O)C1C(=O)CNN1c1ccccc1. The Bertz CT molecular complexity index is 419. The highest BCUT2D eigenvalue weighted by Gasteiger charge is 2.39. The maximum Gasteiger partial charge on any atom is 0.338 e. The van der Waals surface area contributed by atoms with E-state index in [0.717, 1.165) is 5.69 Å². The van der Waals surface area contributed by atoms with Gasteiger partial charge < -0.3 is 4.74 Å². The molecule has 0 amide bonds. The lowest BCUT2D eigenvalue weighted by molar-refractivity contribution is -0.146. The van der Waals surface area contributed by atoms with Crippen molar-refractivity contribution in [3.63, 3.8) is 0 Å². The lowest BCUT2D eigenvalue weighted by atomic mass is 10.2. The molecule has 1 saturated heterocycles. The molecule has 1 aliphatic rings. The molecule has 0 spiro atoms. The maximum atomic E-state index is 11.7. The number of ether oxygens (including phenoxy) is 1. The van der Waals surface area contributed by atoms with Crippen LogP contribution in [0.1, 0.15) is 6.92 Å². The second kappa shape index (κ2) is 4.97. The van der Waals surface area contributed by atoms with Crippen LogP contribution < -0.4 is 10.4 Å². The summed E-state index contributed by atoms with van der Waals surface area (Å²) in [6, 6.07) is 8.36. The van der Waals surface area contributed by atoms with Crippen molar-refractivity contribution in [2.75, 3.05) is 18.2 Å². The normalized spacial score (nSPS) is 19.5. The molecular weight excluding hydrogens is 220 g/mol. The molecule has 2 rings (SSSR count). The van der Waals surface area contributed by atoms with Gasteiger partial charge in [-0.1, -0.05) is 18.2 Å². The number of ketones is 1. The number of Topliss-reactive ketones (excluding diaryl/α,β-unsaturated/α-hetero) is 1. The van der Waals surface area contributed by atoms with Crippen molar-refractivity contribution in [2.24, 2.45) is 0 Å². The number of carbonyl (C=O) groups excluding carboxylic acids is 2. The van der Waals surface area contributed by atoms with Crippen LogP contribution in [-0.2, 0) is 14.3 Å². The fraction of sp³-hybridized carbons (Fsp3) is 0.333. The third kappa shape index (κ3) is 2.29. The Labute approximate surface area is 99.3 Å². The van der Waals surface area contributed by atoms with Crippen LogP contribution in [-0.4, -0.2) is 30.9 Å². The van der Waals surface area contributed by atoms with Gasteiger partial charge in [0.1, 0.15) is 0 Å². The predicted octanol–water partition coefficient (Wildman–Crippen LogP) is 0.512. The topological polar surface area (TPSA) is 58.6 Å². The van der Waals surface area contributed by atoms with Crippen molar-refractivity contribution in [2.45, 2.75) is 13.0 Å². The van der Waals surface area contributed by atoms with Gasteiger partial charge in [0, 0.05) is 0 Å². The van der Waals surface area contributed by atoms with Crippen molar-refractivity contribution in [1.29, 1.82) is 0 Å². The van der Waals surface area contributed by atoms with Gasteiger partial charge in [0.05, 0.1) is 18.8 Å². The molecular formula is C12H14N2O3.